The Hall–Kier alpha value is -3.18. The van der Waals surface area contributed by atoms with Gasteiger partial charge in [-0.05, 0) is 79.5 Å². The summed E-state index contributed by atoms with van der Waals surface area (Å²) >= 11 is 0. The molecule has 1 amide bonds. The van der Waals surface area contributed by atoms with Gasteiger partial charge in [0.15, 0.2) is 0 Å². The van der Waals surface area contributed by atoms with E-state index >= 15 is 0 Å². The summed E-state index contributed by atoms with van der Waals surface area (Å²) in [6, 6.07) is 22.3. The number of nitrogens with two attached hydrogens (primary N) is 2. The van der Waals surface area contributed by atoms with Crippen molar-refractivity contribution in [2.45, 2.75) is 38.1 Å². The Morgan fingerprint density at radius 2 is 1.75 bits per heavy atom. The summed E-state index contributed by atoms with van der Waals surface area (Å²) in [5, 5.41) is 3.37. The van der Waals surface area contributed by atoms with Gasteiger partial charge in [-0.25, -0.2) is 4.98 Å². The molecule has 0 aliphatic heterocycles. The number of hydrogen-bond acceptors (Lipinski definition) is 4. The summed E-state index contributed by atoms with van der Waals surface area (Å²) in [6.45, 7) is 0.720. The third kappa shape index (κ3) is 5.54. The number of hydrogen-bond donors (Lipinski definition) is 3. The molecule has 0 spiro atoms. The maximum Gasteiger partial charge on any atom is 0.223 e. The van der Waals surface area contributed by atoms with E-state index < -0.39 is 0 Å². The summed E-state index contributed by atoms with van der Waals surface area (Å²) in [6.07, 6.45) is 6.45. The molecule has 1 fully saturated rings. The third-order valence-electron chi connectivity index (χ3n) is 6.56. The zero-order chi connectivity index (χ0) is 22.3. The number of rotatable bonds is 7. The first-order valence-corrected chi connectivity index (χ1v) is 11.5. The molecule has 1 aliphatic rings. The molecule has 1 saturated carbocycles. The van der Waals surface area contributed by atoms with Crippen LogP contribution in [0.15, 0.2) is 72.9 Å². The second-order valence-electron chi connectivity index (χ2n) is 8.80. The number of carbonyl (C=O) groups is 1. The van der Waals surface area contributed by atoms with Gasteiger partial charge in [0, 0.05) is 17.7 Å². The second kappa shape index (κ2) is 10.4. The highest BCUT2D eigenvalue weighted by atomic mass is 16.1. The predicted molar refractivity (Wildman–Crippen MR) is 130 cm³/mol. The highest BCUT2D eigenvalue weighted by Crippen LogP contribution is 2.30. The summed E-state index contributed by atoms with van der Waals surface area (Å²) in [4.78, 5) is 17.4. The van der Waals surface area contributed by atoms with Crippen LogP contribution in [0.4, 0.5) is 5.82 Å². The number of nitrogens with zero attached hydrogens (tertiary/aromatic N) is 1. The van der Waals surface area contributed by atoms with Gasteiger partial charge in [-0.3, -0.25) is 4.79 Å². The zero-order valence-electron chi connectivity index (χ0n) is 18.4. The van der Waals surface area contributed by atoms with E-state index in [4.69, 9.17) is 11.5 Å². The van der Waals surface area contributed by atoms with Crippen LogP contribution in [0.3, 0.4) is 0 Å². The molecule has 5 N–H and O–H groups in total. The first-order chi connectivity index (χ1) is 15.6. The number of nitrogens with one attached hydrogen (secondary N) is 1. The summed E-state index contributed by atoms with van der Waals surface area (Å²) < 4.78 is 0. The number of carbonyl (C=O) groups excluding carboxylic acids is 1. The van der Waals surface area contributed by atoms with Crippen molar-refractivity contribution in [1.82, 2.24) is 10.3 Å². The first kappa shape index (κ1) is 22.0. The molecule has 0 bridgehead atoms. The average Bonchev–Trinajstić information content (AvgIpc) is 2.85. The van der Waals surface area contributed by atoms with Crippen molar-refractivity contribution in [3.63, 3.8) is 0 Å². The molecular formula is C27H32N4O. The van der Waals surface area contributed by atoms with Crippen LogP contribution in [0.5, 0.6) is 0 Å². The van der Waals surface area contributed by atoms with Crippen LogP contribution in [0.25, 0.3) is 11.1 Å². The van der Waals surface area contributed by atoms with Crippen molar-refractivity contribution in [2.24, 2.45) is 17.6 Å². The normalized spacial score (nSPS) is 19.3. The van der Waals surface area contributed by atoms with Crippen LogP contribution >= 0.6 is 0 Å². The summed E-state index contributed by atoms with van der Waals surface area (Å²) in [5.74, 6) is 1.29. The van der Waals surface area contributed by atoms with Crippen LogP contribution < -0.4 is 16.8 Å². The smallest absolute Gasteiger partial charge is 0.223 e. The molecule has 1 heterocycles. The van der Waals surface area contributed by atoms with E-state index in [0.717, 1.165) is 55.3 Å². The highest BCUT2D eigenvalue weighted by molar-refractivity contribution is 5.79. The highest BCUT2D eigenvalue weighted by Gasteiger charge is 2.27. The van der Waals surface area contributed by atoms with Crippen molar-refractivity contribution >= 4 is 11.7 Å². The van der Waals surface area contributed by atoms with Crippen molar-refractivity contribution in [3.05, 3.63) is 84.1 Å². The molecule has 1 aromatic heterocycles. The molecule has 32 heavy (non-hydrogen) atoms. The molecule has 1 atom stereocenters. The Morgan fingerprint density at radius 3 is 2.44 bits per heavy atom. The van der Waals surface area contributed by atoms with E-state index in [0.29, 0.717) is 11.7 Å². The van der Waals surface area contributed by atoms with E-state index in [1.165, 1.54) is 5.56 Å². The lowest BCUT2D eigenvalue weighted by Crippen LogP contribution is -2.37. The molecular weight excluding hydrogens is 396 g/mol. The Balaban J connectivity index is 1.56. The van der Waals surface area contributed by atoms with Crippen LogP contribution in [-0.2, 0) is 11.2 Å². The van der Waals surface area contributed by atoms with E-state index in [2.05, 4.69) is 40.6 Å². The third-order valence-corrected chi connectivity index (χ3v) is 6.56. The van der Waals surface area contributed by atoms with Crippen molar-refractivity contribution in [1.29, 1.82) is 0 Å². The van der Waals surface area contributed by atoms with Crippen LogP contribution in [0.1, 0.15) is 42.9 Å². The minimum Gasteiger partial charge on any atom is -0.384 e. The van der Waals surface area contributed by atoms with Crippen LogP contribution in [0.2, 0.25) is 0 Å². The molecule has 2 aromatic carbocycles. The summed E-state index contributed by atoms with van der Waals surface area (Å²) in [5.41, 5.74) is 15.9. The lowest BCUT2D eigenvalue weighted by molar-refractivity contribution is -0.127. The lowest BCUT2D eigenvalue weighted by atomic mass is 9.81. The molecule has 166 valence electrons. The zero-order valence-corrected chi connectivity index (χ0v) is 18.4. The molecule has 0 saturated heterocycles. The number of benzene rings is 2. The maximum absolute atomic E-state index is 13.2. The quantitative estimate of drug-likeness (QED) is 0.517. The van der Waals surface area contributed by atoms with Crippen molar-refractivity contribution in [3.8, 4) is 11.1 Å². The van der Waals surface area contributed by atoms with E-state index in [1.54, 1.807) is 6.20 Å². The lowest BCUT2D eigenvalue weighted by Gasteiger charge is -2.29. The Labute approximate surface area is 190 Å². The SMILES string of the molecule is NCC1CCC(C(=O)NC(Cc2ccccc2)c2cccc(-c3ccc(N)nc3)c2)CC1. The Kier molecular flexibility index (Phi) is 7.17. The van der Waals surface area contributed by atoms with Crippen molar-refractivity contribution < 1.29 is 4.79 Å². The molecule has 3 aromatic rings. The molecule has 5 heteroatoms. The van der Waals surface area contributed by atoms with Crippen LogP contribution in [0, 0.1) is 11.8 Å². The number of amides is 1. The fourth-order valence-electron chi connectivity index (χ4n) is 4.56. The van der Waals surface area contributed by atoms with Gasteiger partial charge in [-0.1, -0.05) is 48.5 Å². The van der Waals surface area contributed by atoms with E-state index in [9.17, 15) is 4.79 Å². The average molecular weight is 429 g/mol. The van der Waals surface area contributed by atoms with Crippen LogP contribution in [-0.4, -0.2) is 17.4 Å². The minimum absolute atomic E-state index is 0.0700. The van der Waals surface area contributed by atoms with Gasteiger partial charge in [-0.2, -0.15) is 0 Å². The van der Waals surface area contributed by atoms with Crippen molar-refractivity contribution in [2.75, 3.05) is 12.3 Å². The predicted octanol–water partition coefficient (Wildman–Crippen LogP) is 4.50. The van der Waals surface area contributed by atoms with E-state index in [1.807, 2.05) is 36.4 Å². The summed E-state index contributed by atoms with van der Waals surface area (Å²) in [7, 11) is 0. The Bertz CT molecular complexity index is 1010. The fourth-order valence-corrected chi connectivity index (χ4v) is 4.56. The topological polar surface area (TPSA) is 94.0 Å². The second-order valence-corrected chi connectivity index (χ2v) is 8.80. The molecule has 1 aliphatic carbocycles. The molecule has 0 radical (unpaired) electrons. The number of pyridine rings is 1. The maximum atomic E-state index is 13.2. The Morgan fingerprint density at radius 1 is 0.969 bits per heavy atom. The molecule has 1 unspecified atom stereocenters. The van der Waals surface area contributed by atoms with Gasteiger partial charge in [0.1, 0.15) is 5.82 Å². The number of nitrogen functional groups attached to an aromatic ring is 1. The fraction of sp³-hybridized carbons (Fsp3) is 0.333. The molecule has 4 rings (SSSR count). The number of aromatic nitrogens is 1. The monoisotopic (exact) mass is 428 g/mol. The van der Waals surface area contributed by atoms with Gasteiger partial charge >= 0.3 is 0 Å². The molecule has 5 nitrogen and oxygen atoms in total. The first-order valence-electron chi connectivity index (χ1n) is 11.5. The van der Waals surface area contributed by atoms with Gasteiger partial charge < -0.3 is 16.8 Å². The van der Waals surface area contributed by atoms with E-state index in [-0.39, 0.29) is 17.9 Å². The number of anilines is 1. The van der Waals surface area contributed by atoms with Gasteiger partial charge in [0.25, 0.3) is 0 Å². The van der Waals surface area contributed by atoms with Gasteiger partial charge in [-0.15, -0.1) is 0 Å². The standard InChI is InChI=1S/C27H32N4O/c28-17-20-9-11-21(12-10-20)27(32)31-25(15-19-5-2-1-3-6-19)23-8-4-7-22(16-23)24-13-14-26(29)30-18-24/h1-8,13-14,16,18,20-21,25H,9-12,15,17,28H2,(H2,29,30)(H,31,32). The van der Waals surface area contributed by atoms with Gasteiger partial charge in [0.2, 0.25) is 5.91 Å². The van der Waals surface area contributed by atoms with Gasteiger partial charge in [0.05, 0.1) is 6.04 Å². The minimum atomic E-state index is -0.0983. The largest absolute Gasteiger partial charge is 0.384 e.